The first-order valence-electron chi connectivity index (χ1n) is 7.68. The molecule has 1 aliphatic heterocycles. The lowest BCUT2D eigenvalue weighted by atomic mass is 10.2. The second-order valence-corrected chi connectivity index (χ2v) is 5.97. The van der Waals surface area contributed by atoms with Gasteiger partial charge in [-0.2, -0.15) is 0 Å². The lowest BCUT2D eigenvalue weighted by molar-refractivity contribution is 0.0473. The van der Waals surface area contributed by atoms with Crippen LogP contribution in [0.5, 0.6) is 11.5 Å². The second-order valence-electron chi connectivity index (χ2n) is 5.56. The number of nitrogen functional groups attached to an aromatic ring is 1. The van der Waals surface area contributed by atoms with Crippen molar-refractivity contribution in [1.82, 2.24) is 9.55 Å². The maximum atomic E-state index is 12.2. The minimum absolute atomic E-state index is 0.0411. The van der Waals surface area contributed by atoms with Crippen LogP contribution in [0.1, 0.15) is 20.7 Å². The molecule has 0 atom stereocenters. The zero-order chi connectivity index (χ0) is 19.7. The third-order valence-corrected chi connectivity index (χ3v) is 4.10. The molecule has 0 saturated carbocycles. The number of hydrogen-bond acceptors (Lipinski definition) is 8. The Morgan fingerprint density at radius 3 is 2.74 bits per heavy atom. The molecule has 0 aliphatic carbocycles. The maximum Gasteiger partial charge on any atom is 0.338 e. The number of H-pyrrole nitrogens is 1. The van der Waals surface area contributed by atoms with Gasteiger partial charge in [0.25, 0.3) is 5.56 Å². The summed E-state index contributed by atoms with van der Waals surface area (Å²) >= 11 is 6.05. The summed E-state index contributed by atoms with van der Waals surface area (Å²) in [6.07, 6.45) is 0. The van der Waals surface area contributed by atoms with Crippen LogP contribution in [0.2, 0.25) is 5.02 Å². The maximum absolute atomic E-state index is 12.2. The number of nitrogens with one attached hydrogen (secondary N) is 1. The summed E-state index contributed by atoms with van der Waals surface area (Å²) in [6.45, 7) is -0.119. The van der Waals surface area contributed by atoms with E-state index in [4.69, 9.17) is 31.5 Å². The number of anilines is 1. The van der Waals surface area contributed by atoms with E-state index < -0.39 is 35.2 Å². The summed E-state index contributed by atoms with van der Waals surface area (Å²) in [5, 5.41) is 0.157. The van der Waals surface area contributed by atoms with Gasteiger partial charge < -0.3 is 19.9 Å². The van der Waals surface area contributed by atoms with Crippen LogP contribution in [-0.2, 0) is 11.8 Å². The number of nitrogens with two attached hydrogens (primary N) is 1. The van der Waals surface area contributed by atoms with Crippen LogP contribution in [0.15, 0.2) is 21.7 Å². The third-order valence-electron chi connectivity index (χ3n) is 3.82. The highest BCUT2D eigenvalue weighted by Crippen LogP contribution is 2.38. The molecule has 27 heavy (non-hydrogen) atoms. The molecule has 2 heterocycles. The summed E-state index contributed by atoms with van der Waals surface area (Å²) in [5.41, 5.74) is 3.48. The summed E-state index contributed by atoms with van der Waals surface area (Å²) < 4.78 is 16.5. The molecule has 10 nitrogen and oxygen atoms in total. The molecule has 2 aromatic rings. The number of rotatable bonds is 4. The molecule has 0 bridgehead atoms. The van der Waals surface area contributed by atoms with E-state index in [0.29, 0.717) is 19.0 Å². The predicted octanol–water partition coefficient (Wildman–Crippen LogP) is 0.120. The Morgan fingerprint density at radius 2 is 2.00 bits per heavy atom. The van der Waals surface area contributed by atoms with E-state index in [0.717, 1.165) is 4.57 Å². The van der Waals surface area contributed by atoms with Crippen LogP contribution in [0.4, 0.5) is 5.82 Å². The van der Waals surface area contributed by atoms with E-state index in [9.17, 15) is 19.2 Å². The number of halogens is 1. The van der Waals surface area contributed by atoms with Crippen LogP contribution >= 0.6 is 11.6 Å². The van der Waals surface area contributed by atoms with Gasteiger partial charge in [-0.1, -0.05) is 11.6 Å². The highest BCUT2D eigenvalue weighted by molar-refractivity contribution is 6.32. The molecule has 1 aromatic heterocycles. The molecule has 0 radical (unpaired) electrons. The summed E-state index contributed by atoms with van der Waals surface area (Å²) in [6, 6.07) is 2.69. The van der Waals surface area contributed by atoms with E-state index in [-0.39, 0.29) is 22.2 Å². The fourth-order valence-electron chi connectivity index (χ4n) is 2.42. The molecule has 0 saturated heterocycles. The molecule has 0 spiro atoms. The molecular formula is C16H14ClN3O7. The molecule has 0 amide bonds. The highest BCUT2D eigenvalue weighted by Gasteiger charge is 2.22. The molecule has 0 unspecified atom stereocenters. The number of ketones is 1. The SMILES string of the molecule is Cn1c(N)c(C(=O)COC(=O)c2cc(Cl)c3c(c2)OCCO3)c(=O)[nH]c1=O. The van der Waals surface area contributed by atoms with E-state index >= 15 is 0 Å². The number of carbonyl (C=O) groups excluding carboxylic acids is 2. The number of carbonyl (C=O) groups is 2. The zero-order valence-corrected chi connectivity index (χ0v) is 14.8. The molecule has 0 fully saturated rings. The number of fused-ring (bicyclic) bond motifs is 1. The van der Waals surface area contributed by atoms with Gasteiger partial charge in [0, 0.05) is 7.05 Å². The van der Waals surface area contributed by atoms with Crippen LogP contribution < -0.4 is 26.5 Å². The number of nitrogens with zero attached hydrogens (tertiary/aromatic N) is 1. The lowest BCUT2D eigenvalue weighted by Crippen LogP contribution is -2.35. The minimum Gasteiger partial charge on any atom is -0.486 e. The van der Waals surface area contributed by atoms with Crippen LogP contribution in [0.3, 0.4) is 0 Å². The largest absolute Gasteiger partial charge is 0.486 e. The first-order valence-corrected chi connectivity index (χ1v) is 8.05. The van der Waals surface area contributed by atoms with Gasteiger partial charge in [0.05, 0.1) is 10.6 Å². The summed E-state index contributed by atoms with van der Waals surface area (Å²) in [5.74, 6) is -1.44. The quantitative estimate of drug-likeness (QED) is 0.549. The normalized spacial score (nSPS) is 12.5. The zero-order valence-electron chi connectivity index (χ0n) is 14.0. The predicted molar refractivity (Wildman–Crippen MR) is 93.8 cm³/mol. The van der Waals surface area contributed by atoms with Crippen molar-refractivity contribution in [1.29, 1.82) is 0 Å². The van der Waals surface area contributed by atoms with E-state index in [2.05, 4.69) is 0 Å². The number of esters is 1. The average Bonchev–Trinajstić information content (AvgIpc) is 2.64. The molecule has 3 N–H and O–H groups in total. The van der Waals surface area contributed by atoms with Crippen molar-refractivity contribution >= 4 is 29.2 Å². The van der Waals surface area contributed by atoms with Crippen LogP contribution in [0.25, 0.3) is 0 Å². The summed E-state index contributed by atoms with van der Waals surface area (Å²) in [4.78, 5) is 49.6. The number of ether oxygens (including phenoxy) is 3. The van der Waals surface area contributed by atoms with Crippen molar-refractivity contribution in [3.05, 3.63) is 49.1 Å². The van der Waals surface area contributed by atoms with Gasteiger partial charge in [0.2, 0.25) is 5.78 Å². The minimum atomic E-state index is -0.959. The first kappa shape index (κ1) is 18.5. The molecule has 1 aliphatic rings. The van der Waals surface area contributed by atoms with Gasteiger partial charge in [-0.25, -0.2) is 9.59 Å². The monoisotopic (exact) mass is 395 g/mol. The highest BCUT2D eigenvalue weighted by atomic mass is 35.5. The number of aromatic nitrogens is 2. The van der Waals surface area contributed by atoms with Crippen molar-refractivity contribution in [3.8, 4) is 11.5 Å². The molecule has 142 valence electrons. The van der Waals surface area contributed by atoms with Crippen molar-refractivity contribution in [2.24, 2.45) is 7.05 Å². The molecule has 3 rings (SSSR count). The number of benzene rings is 1. The Balaban J connectivity index is 1.78. The molecule has 1 aromatic carbocycles. The fraction of sp³-hybridized carbons (Fsp3) is 0.250. The van der Waals surface area contributed by atoms with E-state index in [1.54, 1.807) is 0 Å². The first-order chi connectivity index (χ1) is 12.8. The Hall–Kier alpha value is -3.27. The summed E-state index contributed by atoms with van der Waals surface area (Å²) in [7, 11) is 1.29. The fourth-order valence-corrected chi connectivity index (χ4v) is 2.69. The lowest BCUT2D eigenvalue weighted by Gasteiger charge is -2.19. The number of Topliss-reactive ketones (excluding diaryl/α,β-unsaturated/α-hetero) is 1. The van der Waals surface area contributed by atoms with Crippen molar-refractivity contribution in [3.63, 3.8) is 0 Å². The van der Waals surface area contributed by atoms with Crippen LogP contribution in [-0.4, -0.2) is 41.1 Å². The average molecular weight is 396 g/mol. The van der Waals surface area contributed by atoms with Crippen molar-refractivity contribution in [2.45, 2.75) is 0 Å². The Labute approximate surface area is 156 Å². The standard InChI is InChI=1S/C16H14ClN3O7/c1-20-13(18)11(14(22)19-16(20)24)9(21)6-27-15(23)7-4-8(17)12-10(5-7)25-2-3-26-12/h4-5H,2-3,6,18H2,1H3,(H,19,22,24). The van der Waals surface area contributed by atoms with E-state index in [1.807, 2.05) is 4.98 Å². The van der Waals surface area contributed by atoms with Gasteiger partial charge in [0.1, 0.15) is 24.6 Å². The van der Waals surface area contributed by atoms with Crippen LogP contribution in [0, 0.1) is 0 Å². The van der Waals surface area contributed by atoms with Gasteiger partial charge >= 0.3 is 11.7 Å². The van der Waals surface area contributed by atoms with Gasteiger partial charge in [-0.05, 0) is 12.1 Å². The smallest absolute Gasteiger partial charge is 0.338 e. The second kappa shape index (κ2) is 7.16. The third kappa shape index (κ3) is 3.51. The van der Waals surface area contributed by atoms with Gasteiger partial charge in [-0.3, -0.25) is 19.1 Å². The Bertz CT molecular complexity index is 1060. The number of aromatic amines is 1. The Kier molecular flexibility index (Phi) is 4.91. The number of hydrogen-bond donors (Lipinski definition) is 2. The molecular weight excluding hydrogens is 382 g/mol. The van der Waals surface area contributed by atoms with Crippen molar-refractivity contribution in [2.75, 3.05) is 25.6 Å². The topological polar surface area (TPSA) is 143 Å². The van der Waals surface area contributed by atoms with Gasteiger partial charge in [0.15, 0.2) is 18.1 Å². The molecule has 11 heteroatoms. The van der Waals surface area contributed by atoms with Gasteiger partial charge in [-0.15, -0.1) is 0 Å². The van der Waals surface area contributed by atoms with Crippen molar-refractivity contribution < 1.29 is 23.8 Å². The Morgan fingerprint density at radius 1 is 1.30 bits per heavy atom. The van der Waals surface area contributed by atoms with E-state index in [1.165, 1.54) is 19.2 Å².